The van der Waals surface area contributed by atoms with Gasteiger partial charge in [-0.05, 0) is 25.2 Å². The van der Waals surface area contributed by atoms with Crippen molar-refractivity contribution in [1.29, 1.82) is 0 Å². The summed E-state index contributed by atoms with van der Waals surface area (Å²) in [5, 5.41) is 7.12. The number of hydrogen-bond acceptors (Lipinski definition) is 4. The Morgan fingerprint density at radius 2 is 2.14 bits per heavy atom. The summed E-state index contributed by atoms with van der Waals surface area (Å²) in [6, 6.07) is 5.27. The number of rotatable bonds is 5. The summed E-state index contributed by atoms with van der Waals surface area (Å²) >= 11 is 0. The number of hydrogen-bond donors (Lipinski definition) is 1. The Balaban J connectivity index is 0.00000200. The summed E-state index contributed by atoms with van der Waals surface area (Å²) < 4.78 is 1.63. The molecule has 2 aromatic rings. The second-order valence-electron chi connectivity index (χ2n) is 4.18. The van der Waals surface area contributed by atoms with Gasteiger partial charge in [-0.2, -0.15) is 5.10 Å². The van der Waals surface area contributed by atoms with E-state index in [4.69, 9.17) is 0 Å². The van der Waals surface area contributed by atoms with E-state index in [1.165, 1.54) is 0 Å². The number of nitrogens with one attached hydrogen (secondary N) is 1. The number of carbonyl (C=O) groups is 1. The van der Waals surface area contributed by atoms with E-state index in [-0.39, 0.29) is 30.7 Å². The Labute approximate surface area is 136 Å². The van der Waals surface area contributed by atoms with Gasteiger partial charge in [0.05, 0.1) is 0 Å². The molecule has 0 radical (unpaired) electrons. The third kappa shape index (κ3) is 5.00. The summed E-state index contributed by atoms with van der Waals surface area (Å²) in [4.78, 5) is 18.1. The fraction of sp³-hybridized carbons (Fsp3) is 0.308. The first-order valence-corrected chi connectivity index (χ1v) is 6.08. The standard InChI is InChI=1S/C13H17N5O.2ClH/c1-14-7-9-17(2)13(19)11-4-6-15-12(10-11)18-8-3-5-16-18;;/h3-6,8,10,14H,7,9H2,1-2H3;2*1H. The maximum atomic E-state index is 12.2. The van der Waals surface area contributed by atoms with Crippen molar-refractivity contribution in [1.82, 2.24) is 25.0 Å². The molecular weight excluding hydrogens is 313 g/mol. The van der Waals surface area contributed by atoms with Crippen molar-refractivity contribution >= 4 is 30.7 Å². The summed E-state index contributed by atoms with van der Waals surface area (Å²) in [6.45, 7) is 1.42. The molecule has 0 saturated heterocycles. The lowest BCUT2D eigenvalue weighted by Gasteiger charge is -2.17. The lowest BCUT2D eigenvalue weighted by molar-refractivity contribution is 0.0796. The summed E-state index contributed by atoms with van der Waals surface area (Å²) in [5.41, 5.74) is 0.610. The minimum atomic E-state index is -0.0222. The van der Waals surface area contributed by atoms with Gasteiger partial charge in [0.1, 0.15) is 0 Å². The molecule has 0 aliphatic rings. The van der Waals surface area contributed by atoms with E-state index in [9.17, 15) is 4.79 Å². The first kappa shape index (κ1) is 19.4. The van der Waals surface area contributed by atoms with Crippen LogP contribution in [0, 0.1) is 0 Å². The van der Waals surface area contributed by atoms with Gasteiger partial charge < -0.3 is 10.2 Å². The number of halogens is 2. The topological polar surface area (TPSA) is 63.1 Å². The van der Waals surface area contributed by atoms with Gasteiger partial charge in [-0.3, -0.25) is 4.79 Å². The van der Waals surface area contributed by atoms with E-state index in [1.54, 1.807) is 47.4 Å². The zero-order chi connectivity index (χ0) is 13.7. The molecule has 0 fully saturated rings. The SMILES string of the molecule is CNCCN(C)C(=O)c1ccnc(-n2cccn2)c1.Cl.Cl. The number of likely N-dealkylation sites (N-methyl/N-ethyl adjacent to an activating group) is 2. The van der Waals surface area contributed by atoms with E-state index in [1.807, 2.05) is 13.1 Å². The summed E-state index contributed by atoms with van der Waals surface area (Å²) in [7, 11) is 3.65. The van der Waals surface area contributed by atoms with E-state index in [2.05, 4.69) is 15.4 Å². The molecule has 0 spiro atoms. The molecule has 2 heterocycles. The second kappa shape index (κ2) is 9.33. The molecule has 8 heteroatoms. The molecule has 1 N–H and O–H groups in total. The number of aromatic nitrogens is 3. The van der Waals surface area contributed by atoms with Gasteiger partial charge in [-0.25, -0.2) is 9.67 Å². The van der Waals surface area contributed by atoms with Crippen LogP contribution in [0.3, 0.4) is 0 Å². The van der Waals surface area contributed by atoms with Crippen molar-refractivity contribution in [2.24, 2.45) is 0 Å². The third-order valence-electron chi connectivity index (χ3n) is 2.78. The quantitative estimate of drug-likeness (QED) is 0.899. The van der Waals surface area contributed by atoms with Crippen LogP contribution in [0.15, 0.2) is 36.8 Å². The van der Waals surface area contributed by atoms with Crippen LogP contribution in [0.1, 0.15) is 10.4 Å². The molecule has 6 nitrogen and oxygen atoms in total. The van der Waals surface area contributed by atoms with Crippen molar-refractivity contribution in [3.05, 3.63) is 42.4 Å². The monoisotopic (exact) mass is 331 g/mol. The largest absolute Gasteiger partial charge is 0.340 e. The number of pyridine rings is 1. The molecule has 2 aromatic heterocycles. The first-order valence-electron chi connectivity index (χ1n) is 6.08. The molecule has 0 atom stereocenters. The van der Waals surface area contributed by atoms with E-state index in [0.717, 1.165) is 6.54 Å². The van der Waals surface area contributed by atoms with Crippen LogP contribution in [0.2, 0.25) is 0 Å². The van der Waals surface area contributed by atoms with Crippen LogP contribution in [0.25, 0.3) is 5.82 Å². The van der Waals surface area contributed by atoms with Crippen LogP contribution in [-0.4, -0.2) is 52.8 Å². The molecule has 0 bridgehead atoms. The fourth-order valence-electron chi connectivity index (χ4n) is 1.68. The maximum absolute atomic E-state index is 12.2. The molecule has 0 saturated carbocycles. The minimum Gasteiger partial charge on any atom is -0.340 e. The lowest BCUT2D eigenvalue weighted by Crippen LogP contribution is -2.32. The predicted octanol–water partition coefficient (Wildman–Crippen LogP) is 1.40. The number of amides is 1. The highest BCUT2D eigenvalue weighted by molar-refractivity contribution is 5.94. The van der Waals surface area contributed by atoms with Crippen molar-refractivity contribution < 1.29 is 4.79 Å². The van der Waals surface area contributed by atoms with Crippen LogP contribution in [0.5, 0.6) is 0 Å². The second-order valence-corrected chi connectivity index (χ2v) is 4.18. The fourth-order valence-corrected chi connectivity index (χ4v) is 1.68. The van der Waals surface area contributed by atoms with Gasteiger partial charge in [0.2, 0.25) is 0 Å². The lowest BCUT2D eigenvalue weighted by atomic mass is 10.2. The Kier molecular flexibility index (Phi) is 8.61. The third-order valence-corrected chi connectivity index (χ3v) is 2.78. The van der Waals surface area contributed by atoms with Crippen molar-refractivity contribution in [3.63, 3.8) is 0 Å². The summed E-state index contributed by atoms with van der Waals surface area (Å²) in [6.07, 6.45) is 5.09. The number of nitrogens with zero attached hydrogens (tertiary/aromatic N) is 4. The van der Waals surface area contributed by atoms with Gasteiger partial charge in [0, 0.05) is 44.3 Å². The highest BCUT2D eigenvalue weighted by atomic mass is 35.5. The smallest absolute Gasteiger partial charge is 0.253 e. The molecule has 21 heavy (non-hydrogen) atoms. The van der Waals surface area contributed by atoms with Crippen LogP contribution in [-0.2, 0) is 0 Å². The normalized spacial score (nSPS) is 9.43. The molecule has 0 unspecified atom stereocenters. The highest BCUT2D eigenvalue weighted by Crippen LogP contribution is 2.08. The van der Waals surface area contributed by atoms with Gasteiger partial charge in [-0.1, -0.05) is 0 Å². The Morgan fingerprint density at radius 1 is 1.38 bits per heavy atom. The predicted molar refractivity (Wildman–Crippen MR) is 86.7 cm³/mol. The molecule has 0 aliphatic heterocycles. The van der Waals surface area contributed by atoms with Crippen molar-refractivity contribution in [3.8, 4) is 5.82 Å². The molecule has 116 valence electrons. The Hall–Kier alpha value is -1.63. The summed E-state index contributed by atoms with van der Waals surface area (Å²) in [5.74, 6) is 0.615. The van der Waals surface area contributed by atoms with Gasteiger partial charge in [0.25, 0.3) is 5.91 Å². The van der Waals surface area contributed by atoms with Gasteiger partial charge >= 0.3 is 0 Å². The average Bonchev–Trinajstić information content (AvgIpc) is 2.98. The van der Waals surface area contributed by atoms with E-state index in [0.29, 0.717) is 17.9 Å². The first-order chi connectivity index (χ1) is 9.22. The maximum Gasteiger partial charge on any atom is 0.253 e. The van der Waals surface area contributed by atoms with Gasteiger partial charge in [-0.15, -0.1) is 24.8 Å². The molecular formula is C13H19Cl2N5O. The van der Waals surface area contributed by atoms with Crippen LogP contribution < -0.4 is 5.32 Å². The Bertz CT molecular complexity index is 547. The average molecular weight is 332 g/mol. The highest BCUT2D eigenvalue weighted by Gasteiger charge is 2.12. The van der Waals surface area contributed by atoms with Crippen LogP contribution in [0.4, 0.5) is 0 Å². The molecule has 0 aromatic carbocycles. The molecule has 0 aliphatic carbocycles. The van der Waals surface area contributed by atoms with Gasteiger partial charge in [0.15, 0.2) is 5.82 Å². The van der Waals surface area contributed by atoms with Crippen LogP contribution >= 0.6 is 24.8 Å². The zero-order valence-electron chi connectivity index (χ0n) is 11.9. The molecule has 1 amide bonds. The van der Waals surface area contributed by atoms with Crippen molar-refractivity contribution in [2.45, 2.75) is 0 Å². The zero-order valence-corrected chi connectivity index (χ0v) is 13.5. The van der Waals surface area contributed by atoms with Crippen molar-refractivity contribution in [2.75, 3.05) is 27.2 Å². The number of carbonyl (C=O) groups excluding carboxylic acids is 1. The van der Waals surface area contributed by atoms with E-state index >= 15 is 0 Å². The van der Waals surface area contributed by atoms with E-state index < -0.39 is 0 Å². The Morgan fingerprint density at radius 3 is 2.76 bits per heavy atom. The molecule has 2 rings (SSSR count). The minimum absolute atomic E-state index is 0.